The summed E-state index contributed by atoms with van der Waals surface area (Å²) in [7, 11) is 0. The van der Waals surface area contributed by atoms with Gasteiger partial charge in [-0.05, 0) is 57.2 Å². The fourth-order valence-electron chi connectivity index (χ4n) is 3.84. The molecule has 1 aliphatic carbocycles. The van der Waals surface area contributed by atoms with Gasteiger partial charge in [-0.3, -0.25) is 4.79 Å². The Labute approximate surface area is 160 Å². The molecule has 1 aromatic rings. The Morgan fingerprint density at radius 3 is 2.78 bits per heavy atom. The first-order valence-electron chi connectivity index (χ1n) is 9.93. The van der Waals surface area contributed by atoms with Crippen LogP contribution in [0.1, 0.15) is 38.5 Å². The molecule has 4 N–H and O–H groups in total. The zero-order valence-corrected chi connectivity index (χ0v) is 15.8. The molecule has 1 atom stereocenters. The number of anilines is 1. The summed E-state index contributed by atoms with van der Waals surface area (Å²) in [5.41, 5.74) is 6.12. The van der Waals surface area contributed by atoms with E-state index in [1.807, 2.05) is 24.3 Å². The number of ether oxygens (including phenoxy) is 1. The Hall–Kier alpha value is -2.28. The van der Waals surface area contributed by atoms with Crippen molar-refractivity contribution in [1.82, 2.24) is 10.2 Å². The summed E-state index contributed by atoms with van der Waals surface area (Å²) < 4.78 is 5.97. The van der Waals surface area contributed by atoms with E-state index >= 15 is 0 Å². The summed E-state index contributed by atoms with van der Waals surface area (Å²) in [5.74, 6) is 0.491. The molecular weight excluding hydrogens is 344 g/mol. The third-order valence-corrected chi connectivity index (χ3v) is 5.32. The van der Waals surface area contributed by atoms with Crippen LogP contribution < -0.4 is 21.1 Å². The van der Waals surface area contributed by atoms with Gasteiger partial charge in [0.05, 0.1) is 12.0 Å². The molecule has 3 amide bonds. The van der Waals surface area contributed by atoms with E-state index in [1.54, 1.807) is 0 Å². The molecule has 0 unspecified atom stereocenters. The van der Waals surface area contributed by atoms with Crippen LogP contribution in [0, 0.1) is 5.92 Å². The molecule has 1 saturated carbocycles. The number of carbonyl (C=O) groups is 2. The number of carbonyl (C=O) groups excluding carboxylic acids is 2. The van der Waals surface area contributed by atoms with E-state index in [0.29, 0.717) is 25.7 Å². The van der Waals surface area contributed by atoms with Gasteiger partial charge in [0.1, 0.15) is 5.75 Å². The normalized spacial score (nSPS) is 21.0. The molecule has 1 heterocycles. The van der Waals surface area contributed by atoms with Crippen LogP contribution >= 0.6 is 0 Å². The number of hydrogen-bond donors (Lipinski definition) is 3. The Morgan fingerprint density at radius 1 is 1.19 bits per heavy atom. The van der Waals surface area contributed by atoms with Crippen LogP contribution in [0.5, 0.6) is 5.75 Å². The summed E-state index contributed by atoms with van der Waals surface area (Å²) in [4.78, 5) is 25.6. The number of piperidine rings is 1. The molecular formula is C20H30N4O3. The summed E-state index contributed by atoms with van der Waals surface area (Å²) in [6, 6.07) is 7.28. The van der Waals surface area contributed by atoms with Crippen molar-refractivity contribution in [1.29, 1.82) is 0 Å². The third kappa shape index (κ3) is 6.13. The molecule has 148 valence electrons. The van der Waals surface area contributed by atoms with Crippen molar-refractivity contribution in [2.24, 2.45) is 11.7 Å². The van der Waals surface area contributed by atoms with Crippen molar-refractivity contribution >= 4 is 17.6 Å². The van der Waals surface area contributed by atoms with Crippen LogP contribution in [0.25, 0.3) is 0 Å². The highest BCUT2D eigenvalue weighted by atomic mass is 16.5. The van der Waals surface area contributed by atoms with Gasteiger partial charge in [-0.15, -0.1) is 0 Å². The first kappa shape index (κ1) is 19.5. The van der Waals surface area contributed by atoms with Crippen molar-refractivity contribution in [3.8, 4) is 5.75 Å². The number of likely N-dealkylation sites (tertiary alicyclic amines) is 1. The van der Waals surface area contributed by atoms with Gasteiger partial charge in [0.2, 0.25) is 5.91 Å². The van der Waals surface area contributed by atoms with E-state index in [2.05, 4.69) is 15.5 Å². The van der Waals surface area contributed by atoms with Crippen LogP contribution in [0.15, 0.2) is 24.3 Å². The lowest BCUT2D eigenvalue weighted by atomic mass is 9.97. The number of amides is 3. The maximum Gasteiger partial charge on any atom is 0.319 e. The van der Waals surface area contributed by atoms with Gasteiger partial charge >= 0.3 is 6.03 Å². The van der Waals surface area contributed by atoms with Gasteiger partial charge in [0.25, 0.3) is 0 Å². The number of benzene rings is 1. The molecule has 0 aromatic heterocycles. The number of rotatable bonds is 7. The average Bonchev–Trinajstić information content (AvgIpc) is 3.15. The highest BCUT2D eigenvalue weighted by Gasteiger charge is 2.23. The molecule has 2 fully saturated rings. The lowest BCUT2D eigenvalue weighted by Crippen LogP contribution is -2.44. The molecule has 7 nitrogen and oxygen atoms in total. The van der Waals surface area contributed by atoms with Crippen LogP contribution in [-0.2, 0) is 4.79 Å². The van der Waals surface area contributed by atoms with Crippen molar-refractivity contribution in [3.05, 3.63) is 24.3 Å². The topological polar surface area (TPSA) is 96.7 Å². The first-order chi connectivity index (χ1) is 13.1. The lowest BCUT2D eigenvalue weighted by molar-refractivity contribution is -0.123. The highest BCUT2D eigenvalue weighted by molar-refractivity contribution is 5.89. The van der Waals surface area contributed by atoms with Gasteiger partial charge in [0.15, 0.2) is 0 Å². The molecule has 7 heteroatoms. The second kappa shape index (κ2) is 9.60. The standard InChI is InChI=1S/C20H30N4O3/c21-19(25)15-5-4-11-24(14-15)12-10-22-20(26)23-16-6-3-9-18(13-16)27-17-7-1-2-8-17/h3,6,9,13,15,17H,1-2,4-5,7-8,10-12,14H2,(H2,21,25)(H2,22,23,26)/t15-/m1/s1. The van der Waals surface area contributed by atoms with E-state index < -0.39 is 0 Å². The number of nitrogens with zero attached hydrogens (tertiary/aromatic N) is 1. The fourth-order valence-corrected chi connectivity index (χ4v) is 3.84. The summed E-state index contributed by atoms with van der Waals surface area (Å²) in [5, 5.41) is 5.72. The van der Waals surface area contributed by atoms with Crippen molar-refractivity contribution in [3.63, 3.8) is 0 Å². The summed E-state index contributed by atoms with van der Waals surface area (Å²) >= 11 is 0. The van der Waals surface area contributed by atoms with Crippen LogP contribution in [0.2, 0.25) is 0 Å². The van der Waals surface area contributed by atoms with Crippen LogP contribution in [-0.4, -0.2) is 49.1 Å². The van der Waals surface area contributed by atoms with Crippen LogP contribution in [0.3, 0.4) is 0 Å². The predicted molar refractivity (Wildman–Crippen MR) is 105 cm³/mol. The zero-order valence-electron chi connectivity index (χ0n) is 15.8. The average molecular weight is 374 g/mol. The molecule has 1 aromatic carbocycles. The number of hydrogen-bond acceptors (Lipinski definition) is 4. The highest BCUT2D eigenvalue weighted by Crippen LogP contribution is 2.25. The molecule has 1 saturated heterocycles. The fraction of sp³-hybridized carbons (Fsp3) is 0.600. The largest absolute Gasteiger partial charge is 0.490 e. The second-order valence-electron chi connectivity index (χ2n) is 7.48. The molecule has 0 bridgehead atoms. The predicted octanol–water partition coefficient (Wildman–Crippen LogP) is 2.33. The minimum atomic E-state index is -0.239. The van der Waals surface area contributed by atoms with Gasteiger partial charge in [0, 0.05) is 31.4 Å². The maximum absolute atomic E-state index is 12.1. The minimum Gasteiger partial charge on any atom is -0.490 e. The van der Waals surface area contributed by atoms with Crippen molar-refractivity contribution in [2.45, 2.75) is 44.6 Å². The van der Waals surface area contributed by atoms with E-state index in [9.17, 15) is 9.59 Å². The molecule has 0 spiro atoms. The smallest absolute Gasteiger partial charge is 0.319 e. The summed E-state index contributed by atoms with van der Waals surface area (Å²) in [6.45, 7) is 2.85. The minimum absolute atomic E-state index is 0.0739. The number of primary amides is 1. The maximum atomic E-state index is 12.1. The molecule has 1 aliphatic heterocycles. The van der Waals surface area contributed by atoms with Gasteiger partial charge in [-0.25, -0.2) is 4.79 Å². The van der Waals surface area contributed by atoms with Crippen LogP contribution in [0.4, 0.5) is 10.5 Å². The number of nitrogens with two attached hydrogens (primary N) is 1. The Morgan fingerprint density at radius 2 is 2.00 bits per heavy atom. The lowest BCUT2D eigenvalue weighted by Gasteiger charge is -2.31. The third-order valence-electron chi connectivity index (χ3n) is 5.32. The SMILES string of the molecule is NC(=O)[C@@H]1CCCN(CCNC(=O)Nc2cccc(OC3CCCC3)c2)C1. The molecule has 27 heavy (non-hydrogen) atoms. The van der Waals surface area contributed by atoms with Gasteiger partial charge in [-0.2, -0.15) is 0 Å². The zero-order chi connectivity index (χ0) is 19.1. The van der Waals surface area contributed by atoms with E-state index in [0.717, 1.165) is 43.7 Å². The molecule has 2 aliphatic rings. The number of urea groups is 1. The van der Waals surface area contributed by atoms with Crippen molar-refractivity contribution in [2.75, 3.05) is 31.5 Å². The monoisotopic (exact) mass is 374 g/mol. The molecule has 3 rings (SSSR count). The first-order valence-corrected chi connectivity index (χ1v) is 9.93. The molecule has 0 radical (unpaired) electrons. The Kier molecular flexibility index (Phi) is 6.92. The van der Waals surface area contributed by atoms with E-state index in [-0.39, 0.29) is 17.9 Å². The van der Waals surface area contributed by atoms with E-state index in [1.165, 1.54) is 12.8 Å². The van der Waals surface area contributed by atoms with Crippen molar-refractivity contribution < 1.29 is 14.3 Å². The quantitative estimate of drug-likeness (QED) is 0.682. The number of nitrogens with one attached hydrogen (secondary N) is 2. The Bertz CT molecular complexity index is 646. The second-order valence-corrected chi connectivity index (χ2v) is 7.48. The van der Waals surface area contributed by atoms with E-state index in [4.69, 9.17) is 10.5 Å². The summed E-state index contributed by atoms with van der Waals surface area (Å²) in [6.07, 6.45) is 6.77. The van der Waals surface area contributed by atoms with Gasteiger partial charge in [-0.1, -0.05) is 6.07 Å². The Balaban J connectivity index is 1.39. The van der Waals surface area contributed by atoms with Gasteiger partial charge < -0.3 is 26.0 Å².